The third-order valence-corrected chi connectivity index (χ3v) is 3.48. The van der Waals surface area contributed by atoms with Gasteiger partial charge in [0.1, 0.15) is 6.29 Å². The molecule has 17 heavy (non-hydrogen) atoms. The monoisotopic (exact) mass is 231 g/mol. The molecule has 1 amide bonds. The summed E-state index contributed by atoms with van der Waals surface area (Å²) >= 11 is 0. The molecule has 0 spiro atoms. The van der Waals surface area contributed by atoms with Gasteiger partial charge in [0.15, 0.2) is 0 Å². The molecule has 1 fully saturated rings. The summed E-state index contributed by atoms with van der Waals surface area (Å²) in [6.07, 6.45) is 1.64. The zero-order valence-corrected chi connectivity index (χ0v) is 10.2. The summed E-state index contributed by atoms with van der Waals surface area (Å²) in [5.74, 6) is -0.131. The van der Waals surface area contributed by atoms with Gasteiger partial charge in [0.25, 0.3) is 0 Å². The zero-order valence-electron chi connectivity index (χ0n) is 10.2. The number of carbonyl (C=O) groups is 2. The number of nitrogens with zero attached hydrogens (tertiary/aromatic N) is 1. The second kappa shape index (κ2) is 4.32. The maximum Gasteiger partial charge on any atom is 0.231 e. The van der Waals surface area contributed by atoms with Crippen molar-refractivity contribution in [2.24, 2.45) is 11.3 Å². The fourth-order valence-electron chi connectivity index (χ4n) is 2.32. The number of benzene rings is 1. The summed E-state index contributed by atoms with van der Waals surface area (Å²) < 4.78 is 0. The van der Waals surface area contributed by atoms with Gasteiger partial charge in [-0.2, -0.15) is 0 Å². The van der Waals surface area contributed by atoms with E-state index in [1.807, 2.05) is 44.2 Å². The van der Waals surface area contributed by atoms with Gasteiger partial charge < -0.3 is 9.69 Å². The number of anilines is 1. The summed E-state index contributed by atoms with van der Waals surface area (Å²) in [5, 5.41) is 0. The molecule has 0 radical (unpaired) electrons. The Kier molecular flexibility index (Phi) is 3.01. The highest BCUT2D eigenvalue weighted by Gasteiger charge is 2.42. The van der Waals surface area contributed by atoms with E-state index in [9.17, 15) is 9.59 Å². The number of hydrogen-bond donors (Lipinski definition) is 0. The lowest BCUT2D eigenvalue weighted by molar-refractivity contribution is -0.128. The van der Waals surface area contributed by atoms with Crippen molar-refractivity contribution in [3.05, 3.63) is 30.3 Å². The van der Waals surface area contributed by atoms with Crippen molar-refractivity contribution in [2.75, 3.05) is 11.4 Å². The van der Waals surface area contributed by atoms with Gasteiger partial charge >= 0.3 is 0 Å². The Morgan fingerprint density at radius 3 is 2.53 bits per heavy atom. The molecule has 1 heterocycles. The van der Waals surface area contributed by atoms with Crippen LogP contribution in [0.2, 0.25) is 0 Å². The molecule has 0 unspecified atom stereocenters. The molecule has 0 aromatic heterocycles. The van der Waals surface area contributed by atoms with E-state index in [1.165, 1.54) is 0 Å². The predicted octanol–water partition coefficient (Wildman–Crippen LogP) is 2.26. The van der Waals surface area contributed by atoms with Crippen molar-refractivity contribution in [3.8, 4) is 0 Å². The van der Waals surface area contributed by atoms with E-state index in [4.69, 9.17) is 0 Å². The normalized spacial score (nSPS) is 20.7. The minimum Gasteiger partial charge on any atom is -0.312 e. The van der Waals surface area contributed by atoms with E-state index in [-0.39, 0.29) is 11.8 Å². The van der Waals surface area contributed by atoms with E-state index < -0.39 is 5.41 Å². The van der Waals surface area contributed by atoms with Crippen molar-refractivity contribution < 1.29 is 9.59 Å². The summed E-state index contributed by atoms with van der Waals surface area (Å²) in [6.45, 7) is 4.36. The standard InChI is InChI=1S/C14H17NO2/c1-14(2,10-16)12-8-9-15(13(12)17)11-6-4-3-5-7-11/h3-7,10,12H,8-9H2,1-2H3/t12-/m0/s1. The van der Waals surface area contributed by atoms with Crippen LogP contribution in [0, 0.1) is 11.3 Å². The second-order valence-corrected chi connectivity index (χ2v) is 5.11. The van der Waals surface area contributed by atoms with Crippen LogP contribution in [0.3, 0.4) is 0 Å². The number of hydrogen-bond acceptors (Lipinski definition) is 2. The molecule has 0 saturated carbocycles. The van der Waals surface area contributed by atoms with Crippen LogP contribution < -0.4 is 4.90 Å². The minimum absolute atomic E-state index is 0.0632. The van der Waals surface area contributed by atoms with Gasteiger partial charge in [-0.3, -0.25) is 4.79 Å². The molecule has 0 bridgehead atoms. The highest BCUT2D eigenvalue weighted by molar-refractivity contribution is 5.99. The minimum atomic E-state index is -0.569. The SMILES string of the molecule is CC(C)(C=O)[C@H]1CCN(c2ccccc2)C1=O. The van der Waals surface area contributed by atoms with Crippen LogP contribution in [-0.2, 0) is 9.59 Å². The van der Waals surface area contributed by atoms with Crippen LogP contribution in [0.5, 0.6) is 0 Å². The highest BCUT2D eigenvalue weighted by Crippen LogP contribution is 2.35. The predicted molar refractivity (Wildman–Crippen MR) is 66.7 cm³/mol. The van der Waals surface area contributed by atoms with E-state index in [1.54, 1.807) is 4.90 Å². The Labute approximate surface area is 101 Å². The molecular formula is C14H17NO2. The first-order valence-corrected chi connectivity index (χ1v) is 5.89. The summed E-state index contributed by atoms with van der Waals surface area (Å²) in [6, 6.07) is 9.61. The van der Waals surface area contributed by atoms with Gasteiger partial charge in [-0.1, -0.05) is 32.0 Å². The molecule has 0 aliphatic carbocycles. The molecule has 3 nitrogen and oxygen atoms in total. The molecule has 1 aliphatic heterocycles. The first-order valence-electron chi connectivity index (χ1n) is 5.89. The topological polar surface area (TPSA) is 37.4 Å². The van der Waals surface area contributed by atoms with Crippen molar-refractivity contribution in [1.29, 1.82) is 0 Å². The molecule has 1 aliphatic rings. The van der Waals surface area contributed by atoms with Gasteiger partial charge in [-0.25, -0.2) is 0 Å². The number of rotatable bonds is 3. The largest absolute Gasteiger partial charge is 0.312 e. The van der Waals surface area contributed by atoms with Crippen molar-refractivity contribution in [2.45, 2.75) is 20.3 Å². The lowest BCUT2D eigenvalue weighted by Gasteiger charge is -2.24. The Hall–Kier alpha value is -1.64. The van der Waals surface area contributed by atoms with Gasteiger partial charge in [0.05, 0.1) is 5.92 Å². The molecule has 0 N–H and O–H groups in total. The van der Waals surface area contributed by atoms with Crippen LogP contribution in [-0.4, -0.2) is 18.7 Å². The van der Waals surface area contributed by atoms with Gasteiger partial charge in [-0.15, -0.1) is 0 Å². The summed E-state index contributed by atoms with van der Waals surface area (Å²) in [4.78, 5) is 25.1. The fourth-order valence-corrected chi connectivity index (χ4v) is 2.32. The number of carbonyl (C=O) groups excluding carboxylic acids is 2. The second-order valence-electron chi connectivity index (χ2n) is 5.11. The zero-order chi connectivity index (χ0) is 12.5. The first-order chi connectivity index (χ1) is 8.06. The fraction of sp³-hybridized carbons (Fsp3) is 0.429. The van der Waals surface area contributed by atoms with E-state index in [0.717, 1.165) is 18.4 Å². The first kappa shape index (κ1) is 11.8. The molecular weight excluding hydrogens is 214 g/mol. The highest BCUT2D eigenvalue weighted by atomic mass is 16.2. The van der Waals surface area contributed by atoms with Crippen LogP contribution in [0.25, 0.3) is 0 Å². The maximum atomic E-state index is 12.3. The molecule has 90 valence electrons. The smallest absolute Gasteiger partial charge is 0.231 e. The molecule has 2 rings (SSSR count). The van der Waals surface area contributed by atoms with Crippen LogP contribution in [0.4, 0.5) is 5.69 Å². The summed E-state index contributed by atoms with van der Waals surface area (Å²) in [7, 11) is 0. The van der Waals surface area contributed by atoms with E-state index >= 15 is 0 Å². The van der Waals surface area contributed by atoms with Crippen molar-refractivity contribution >= 4 is 17.9 Å². The quantitative estimate of drug-likeness (QED) is 0.748. The van der Waals surface area contributed by atoms with Crippen molar-refractivity contribution in [1.82, 2.24) is 0 Å². The Morgan fingerprint density at radius 1 is 1.29 bits per heavy atom. The molecule has 3 heteroatoms. The molecule has 1 aromatic carbocycles. The van der Waals surface area contributed by atoms with Gasteiger partial charge in [0, 0.05) is 17.6 Å². The number of amides is 1. The average Bonchev–Trinajstić information content (AvgIpc) is 2.73. The Balaban J connectivity index is 2.22. The van der Waals surface area contributed by atoms with Crippen LogP contribution in [0.1, 0.15) is 20.3 Å². The van der Waals surface area contributed by atoms with Gasteiger partial charge in [0.2, 0.25) is 5.91 Å². The molecule has 1 atom stereocenters. The number of aldehydes is 1. The van der Waals surface area contributed by atoms with E-state index in [2.05, 4.69) is 0 Å². The lowest BCUT2D eigenvalue weighted by Crippen LogP contribution is -2.34. The number of para-hydroxylation sites is 1. The van der Waals surface area contributed by atoms with E-state index in [0.29, 0.717) is 6.54 Å². The average molecular weight is 231 g/mol. The Morgan fingerprint density at radius 2 is 1.94 bits per heavy atom. The van der Waals surface area contributed by atoms with Gasteiger partial charge in [-0.05, 0) is 18.6 Å². The maximum absolute atomic E-state index is 12.3. The third-order valence-electron chi connectivity index (χ3n) is 3.48. The van der Waals surface area contributed by atoms with Crippen LogP contribution in [0.15, 0.2) is 30.3 Å². The molecule has 1 aromatic rings. The lowest BCUT2D eigenvalue weighted by atomic mass is 9.79. The third kappa shape index (κ3) is 2.09. The van der Waals surface area contributed by atoms with Crippen molar-refractivity contribution in [3.63, 3.8) is 0 Å². The van der Waals surface area contributed by atoms with Crippen LogP contribution >= 0.6 is 0 Å². The Bertz CT molecular complexity index is 425. The molecule has 1 saturated heterocycles. The summed E-state index contributed by atoms with van der Waals surface area (Å²) in [5.41, 5.74) is 0.349.